The largest absolute Gasteiger partial charge is 0.344 e. The zero-order valence-electron chi connectivity index (χ0n) is 13.7. The fraction of sp³-hybridized carbons (Fsp3) is 0.500. The van der Waals surface area contributed by atoms with Gasteiger partial charge in [0.15, 0.2) is 11.0 Å². The van der Waals surface area contributed by atoms with Crippen molar-refractivity contribution in [2.45, 2.75) is 42.6 Å². The van der Waals surface area contributed by atoms with Crippen LogP contribution in [0.5, 0.6) is 0 Å². The van der Waals surface area contributed by atoms with E-state index in [1.807, 2.05) is 24.4 Å². The molecule has 1 atom stereocenters. The maximum atomic E-state index is 12.4. The van der Waals surface area contributed by atoms with E-state index < -0.39 is 0 Å². The summed E-state index contributed by atoms with van der Waals surface area (Å²) in [5.41, 5.74) is 0. The lowest BCUT2D eigenvalue weighted by molar-refractivity contribution is -0.128. The van der Waals surface area contributed by atoms with Gasteiger partial charge in [0, 0.05) is 19.6 Å². The van der Waals surface area contributed by atoms with Crippen molar-refractivity contribution >= 4 is 29.0 Å². The van der Waals surface area contributed by atoms with Crippen LogP contribution in [-0.4, -0.2) is 44.4 Å². The van der Waals surface area contributed by atoms with Crippen molar-refractivity contribution in [1.82, 2.24) is 19.7 Å². The van der Waals surface area contributed by atoms with Gasteiger partial charge in [-0.1, -0.05) is 17.8 Å². The molecular weight excluding hydrogens is 342 g/mol. The van der Waals surface area contributed by atoms with E-state index >= 15 is 0 Å². The molecule has 1 aliphatic carbocycles. The Morgan fingerprint density at radius 2 is 2.38 bits per heavy atom. The summed E-state index contributed by atoms with van der Waals surface area (Å²) in [6.07, 6.45) is 2.61. The molecule has 0 N–H and O–H groups in total. The van der Waals surface area contributed by atoms with Gasteiger partial charge in [-0.05, 0) is 31.2 Å². The average molecular weight is 361 g/mol. The van der Waals surface area contributed by atoms with E-state index in [4.69, 9.17) is 5.26 Å². The quantitative estimate of drug-likeness (QED) is 0.708. The molecule has 8 heteroatoms. The Kier molecular flexibility index (Phi) is 5.21. The van der Waals surface area contributed by atoms with E-state index in [-0.39, 0.29) is 11.2 Å². The smallest absolute Gasteiger partial charge is 0.235 e. The van der Waals surface area contributed by atoms with Crippen LogP contribution in [0.2, 0.25) is 0 Å². The van der Waals surface area contributed by atoms with Crippen LogP contribution in [0.4, 0.5) is 0 Å². The van der Waals surface area contributed by atoms with Crippen LogP contribution in [-0.2, 0) is 4.79 Å². The Bertz CT molecular complexity index is 745. The first kappa shape index (κ1) is 17.0. The van der Waals surface area contributed by atoms with Crippen molar-refractivity contribution in [3.8, 4) is 16.8 Å². The first-order valence-corrected chi connectivity index (χ1v) is 9.65. The zero-order chi connectivity index (χ0) is 17.1. The van der Waals surface area contributed by atoms with Gasteiger partial charge in [-0.2, -0.15) is 5.26 Å². The van der Waals surface area contributed by atoms with Gasteiger partial charge < -0.3 is 4.90 Å². The number of aromatic nitrogens is 3. The molecule has 1 fully saturated rings. The molecular formula is C16H19N5OS2. The van der Waals surface area contributed by atoms with E-state index in [1.165, 1.54) is 11.8 Å². The topological polar surface area (TPSA) is 74.8 Å². The monoisotopic (exact) mass is 361 g/mol. The molecule has 6 nitrogen and oxygen atoms in total. The number of carbonyl (C=O) groups excluding carboxylic acids is 1. The molecule has 1 amide bonds. The molecule has 126 valence electrons. The number of thiophene rings is 1. The Morgan fingerprint density at radius 1 is 1.58 bits per heavy atom. The van der Waals surface area contributed by atoms with E-state index in [1.54, 1.807) is 23.3 Å². The minimum atomic E-state index is -0.258. The van der Waals surface area contributed by atoms with Gasteiger partial charge in [0.25, 0.3) is 0 Å². The number of hydrogen-bond acceptors (Lipinski definition) is 6. The van der Waals surface area contributed by atoms with Crippen molar-refractivity contribution in [3.63, 3.8) is 0 Å². The molecule has 0 aromatic carbocycles. The minimum Gasteiger partial charge on any atom is -0.344 e. The maximum Gasteiger partial charge on any atom is 0.235 e. The average Bonchev–Trinajstić information content (AvgIpc) is 3.10. The Morgan fingerprint density at radius 3 is 3.00 bits per heavy atom. The Balaban J connectivity index is 1.76. The van der Waals surface area contributed by atoms with E-state index in [0.29, 0.717) is 19.0 Å². The third kappa shape index (κ3) is 3.62. The summed E-state index contributed by atoms with van der Waals surface area (Å²) in [5.74, 6) is 0.908. The van der Waals surface area contributed by atoms with Crippen molar-refractivity contribution in [1.29, 1.82) is 5.26 Å². The van der Waals surface area contributed by atoms with E-state index in [2.05, 4.69) is 20.8 Å². The molecule has 0 aliphatic heterocycles. The maximum absolute atomic E-state index is 12.4. The van der Waals surface area contributed by atoms with Gasteiger partial charge in [0.1, 0.15) is 0 Å². The molecule has 0 bridgehead atoms. The van der Waals surface area contributed by atoms with Crippen LogP contribution in [0.15, 0.2) is 22.7 Å². The lowest BCUT2D eigenvalue weighted by atomic mass is 10.3. The van der Waals surface area contributed by atoms with E-state index in [9.17, 15) is 4.79 Å². The second-order valence-electron chi connectivity index (χ2n) is 5.81. The highest BCUT2D eigenvalue weighted by Crippen LogP contribution is 2.42. The van der Waals surface area contributed by atoms with Crippen molar-refractivity contribution < 1.29 is 4.79 Å². The summed E-state index contributed by atoms with van der Waals surface area (Å²) in [4.78, 5) is 15.1. The molecule has 2 aromatic heterocycles. The summed E-state index contributed by atoms with van der Waals surface area (Å²) < 4.78 is 2.18. The molecule has 2 aromatic rings. The Hall–Kier alpha value is -1.85. The fourth-order valence-electron chi connectivity index (χ4n) is 2.44. The summed E-state index contributed by atoms with van der Waals surface area (Å²) in [7, 11) is 1.74. The van der Waals surface area contributed by atoms with Gasteiger partial charge in [-0.15, -0.1) is 21.5 Å². The number of nitrogens with zero attached hydrogens (tertiary/aromatic N) is 5. The van der Waals surface area contributed by atoms with Gasteiger partial charge in [-0.3, -0.25) is 9.36 Å². The van der Waals surface area contributed by atoms with E-state index in [0.717, 1.165) is 28.7 Å². The molecule has 2 heterocycles. The standard InChI is InChI=1S/C16H19N5OS2/c1-11(15(22)20(2)9-4-8-17)24-16-19-18-14(13-5-3-10-23-13)21(16)12-6-7-12/h3,5,10-12H,4,6-7,9H2,1-2H3/t11-/m0/s1. The molecule has 0 spiro atoms. The lowest BCUT2D eigenvalue weighted by Crippen LogP contribution is -2.34. The first-order chi connectivity index (χ1) is 11.6. The van der Waals surface area contributed by atoms with Crippen LogP contribution in [0.1, 0.15) is 32.2 Å². The summed E-state index contributed by atoms with van der Waals surface area (Å²) >= 11 is 3.10. The molecule has 0 unspecified atom stereocenters. The number of thioether (sulfide) groups is 1. The molecule has 1 aliphatic rings. The van der Waals surface area contributed by atoms with Gasteiger partial charge in [-0.25, -0.2) is 0 Å². The van der Waals surface area contributed by atoms with Crippen LogP contribution < -0.4 is 0 Å². The number of carbonyl (C=O) groups is 1. The van der Waals surface area contributed by atoms with Crippen LogP contribution in [0.25, 0.3) is 10.7 Å². The zero-order valence-corrected chi connectivity index (χ0v) is 15.3. The predicted octanol–water partition coefficient (Wildman–Crippen LogP) is 3.19. The summed E-state index contributed by atoms with van der Waals surface area (Å²) in [6, 6.07) is 6.57. The van der Waals surface area contributed by atoms with Gasteiger partial charge >= 0.3 is 0 Å². The second kappa shape index (κ2) is 7.36. The molecule has 0 radical (unpaired) electrons. The van der Waals surface area contributed by atoms with Crippen molar-refractivity contribution in [2.75, 3.05) is 13.6 Å². The van der Waals surface area contributed by atoms with Crippen molar-refractivity contribution in [2.24, 2.45) is 0 Å². The summed E-state index contributed by atoms with van der Waals surface area (Å²) in [6.45, 7) is 2.34. The highest BCUT2D eigenvalue weighted by Gasteiger charge is 2.32. The highest BCUT2D eigenvalue weighted by atomic mass is 32.2. The van der Waals surface area contributed by atoms with Crippen LogP contribution >= 0.6 is 23.1 Å². The summed E-state index contributed by atoms with van der Waals surface area (Å²) in [5, 5.41) is 19.9. The van der Waals surface area contributed by atoms with Crippen molar-refractivity contribution in [3.05, 3.63) is 17.5 Å². The molecule has 1 saturated carbocycles. The second-order valence-corrected chi connectivity index (χ2v) is 8.07. The number of rotatable bonds is 7. The highest BCUT2D eigenvalue weighted by molar-refractivity contribution is 8.00. The van der Waals surface area contributed by atoms with Gasteiger partial charge in [0.2, 0.25) is 5.91 Å². The van der Waals surface area contributed by atoms with Crippen LogP contribution in [0, 0.1) is 11.3 Å². The molecule has 0 saturated heterocycles. The number of nitriles is 1. The minimum absolute atomic E-state index is 0.0123. The Labute approximate surface area is 149 Å². The number of hydrogen-bond donors (Lipinski definition) is 0. The normalized spacial score (nSPS) is 15.0. The third-order valence-corrected chi connectivity index (χ3v) is 5.79. The van der Waals surface area contributed by atoms with Crippen LogP contribution in [0.3, 0.4) is 0 Å². The predicted molar refractivity (Wildman–Crippen MR) is 94.8 cm³/mol. The lowest BCUT2D eigenvalue weighted by Gasteiger charge is -2.20. The third-order valence-electron chi connectivity index (χ3n) is 3.88. The molecule has 3 rings (SSSR count). The molecule has 24 heavy (non-hydrogen) atoms. The van der Waals surface area contributed by atoms with Gasteiger partial charge in [0.05, 0.1) is 22.6 Å². The SMILES string of the molecule is C[C@H](Sc1nnc(-c2cccs2)n1C1CC1)C(=O)N(C)CCC#N. The number of amides is 1. The fourth-order valence-corrected chi connectivity index (χ4v) is 4.18. The first-order valence-electron chi connectivity index (χ1n) is 7.89.